The molecular weight excluding hydrogens is 572 g/mol. The Morgan fingerprint density at radius 1 is 0.867 bits per heavy atom. The first-order valence-corrected chi connectivity index (χ1v) is 14.9. The van der Waals surface area contributed by atoms with E-state index in [0.717, 1.165) is 36.1 Å². The summed E-state index contributed by atoms with van der Waals surface area (Å²) in [5, 5.41) is 10.6. The number of hydrogen-bond acceptors (Lipinski definition) is 9. The maximum absolute atomic E-state index is 14.2. The lowest BCUT2D eigenvalue weighted by molar-refractivity contribution is 0.106. The van der Waals surface area contributed by atoms with E-state index in [9.17, 15) is 9.90 Å². The quantitative estimate of drug-likeness (QED) is 0.290. The maximum atomic E-state index is 14.2. The Hall–Kier alpha value is -5.02. The number of aliphatic imine (C=N–C) groups is 1. The van der Waals surface area contributed by atoms with Crippen molar-refractivity contribution < 1.29 is 33.6 Å². The van der Waals surface area contributed by atoms with Crippen molar-refractivity contribution in [1.82, 2.24) is 4.90 Å². The molecule has 4 aliphatic heterocycles. The molecular formula is C36H34N2O7. The highest BCUT2D eigenvalue weighted by atomic mass is 16.5. The number of nitrogens with zero attached hydrogens (tertiary/aromatic N) is 2. The molecule has 4 aromatic rings. The number of ether oxygens (including phenoxy) is 5. The Balaban J connectivity index is 1.49. The minimum absolute atomic E-state index is 0.0756. The average Bonchev–Trinajstić information content (AvgIpc) is 3.06. The van der Waals surface area contributed by atoms with E-state index in [1.165, 1.54) is 17.7 Å². The third-order valence-electron chi connectivity index (χ3n) is 8.88. The number of rotatable bonds is 3. The van der Waals surface area contributed by atoms with Gasteiger partial charge in [0, 0.05) is 24.7 Å². The van der Waals surface area contributed by atoms with Crippen LogP contribution in [0.4, 0.5) is 0 Å². The molecule has 4 heterocycles. The highest BCUT2D eigenvalue weighted by Gasteiger charge is 2.33. The zero-order valence-electron chi connectivity index (χ0n) is 25.7. The number of carbonyl (C=O) groups is 1. The number of Topliss-reactive ketones (excluding diaryl/α,β-unsaturated/α-hetero) is 1. The van der Waals surface area contributed by atoms with E-state index in [-0.39, 0.29) is 29.0 Å². The first-order chi connectivity index (χ1) is 21.9. The molecule has 0 amide bonds. The summed E-state index contributed by atoms with van der Waals surface area (Å²) >= 11 is 0. The lowest BCUT2D eigenvalue weighted by Crippen LogP contribution is -2.33. The Morgan fingerprint density at radius 3 is 2.40 bits per heavy atom. The van der Waals surface area contributed by atoms with Crippen LogP contribution in [-0.2, 0) is 19.3 Å². The molecule has 0 saturated carbocycles. The van der Waals surface area contributed by atoms with E-state index in [0.29, 0.717) is 58.6 Å². The SMILES string of the molecule is COc1cc2c3cc1Oc1c(OC)c(OC)cc4c1C(=NCC4)C(=O)c1ccc(O)c(c1)Oc1ccc(cc1)CC3N(C)CC2. The molecule has 4 aliphatic rings. The zero-order chi connectivity index (χ0) is 31.2. The summed E-state index contributed by atoms with van der Waals surface area (Å²) in [5.41, 5.74) is 5.38. The number of carbonyl (C=O) groups excluding carboxylic acids is 1. The van der Waals surface area contributed by atoms with Gasteiger partial charge in [-0.15, -0.1) is 0 Å². The Labute approximate surface area is 261 Å². The van der Waals surface area contributed by atoms with Crippen molar-refractivity contribution in [3.05, 3.63) is 94.0 Å². The van der Waals surface area contributed by atoms with Gasteiger partial charge < -0.3 is 28.8 Å². The van der Waals surface area contributed by atoms with Gasteiger partial charge in [0.25, 0.3) is 0 Å². The number of fused-ring (bicyclic) bond motifs is 2. The molecule has 0 saturated heterocycles. The van der Waals surface area contributed by atoms with Crippen molar-refractivity contribution in [3.63, 3.8) is 0 Å². The van der Waals surface area contributed by atoms with Crippen LogP contribution in [0, 0.1) is 0 Å². The van der Waals surface area contributed by atoms with Crippen LogP contribution < -0.4 is 23.7 Å². The second-order valence-electron chi connectivity index (χ2n) is 11.5. The highest BCUT2D eigenvalue weighted by molar-refractivity contribution is 6.52. The number of methoxy groups -OCH3 is 3. The Bertz CT molecular complexity index is 1850. The maximum Gasteiger partial charge on any atom is 0.211 e. The zero-order valence-corrected chi connectivity index (χ0v) is 25.7. The number of aromatic hydroxyl groups is 1. The Morgan fingerprint density at radius 2 is 1.64 bits per heavy atom. The van der Waals surface area contributed by atoms with E-state index in [1.807, 2.05) is 36.4 Å². The smallest absolute Gasteiger partial charge is 0.211 e. The van der Waals surface area contributed by atoms with Crippen molar-refractivity contribution >= 4 is 11.5 Å². The van der Waals surface area contributed by atoms with Crippen molar-refractivity contribution in [2.24, 2.45) is 4.99 Å². The molecule has 4 aromatic carbocycles. The monoisotopic (exact) mass is 606 g/mol. The number of ketones is 1. The van der Waals surface area contributed by atoms with Gasteiger partial charge in [-0.05, 0) is 97.1 Å². The summed E-state index contributed by atoms with van der Waals surface area (Å²) in [6, 6.07) is 18.4. The van der Waals surface area contributed by atoms with Gasteiger partial charge in [-0.1, -0.05) is 12.1 Å². The standard InChI is InChI=1S/C36H34N2O7/c1-38-14-12-21-16-29(41-2)30-19-25(21)26(38)15-20-5-8-24(9-6-20)44-28-18-23(7-10-27(28)39)34(40)33-32-22(11-13-37-33)17-31(42-3)35(43-4)36(32)45-30/h5-10,16-19,26,39H,11-15H2,1-4H3. The van der Waals surface area contributed by atoms with Crippen molar-refractivity contribution in [1.29, 1.82) is 0 Å². The average molecular weight is 607 g/mol. The molecule has 0 spiro atoms. The first kappa shape index (κ1) is 28.7. The molecule has 0 aliphatic carbocycles. The largest absolute Gasteiger partial charge is 0.504 e. The van der Waals surface area contributed by atoms with Crippen molar-refractivity contribution in [3.8, 4) is 46.0 Å². The molecule has 9 heteroatoms. The number of likely N-dealkylation sites (N-methyl/N-ethyl adjacent to an activating group) is 1. The van der Waals surface area contributed by atoms with E-state index >= 15 is 0 Å². The third-order valence-corrected chi connectivity index (χ3v) is 8.88. The van der Waals surface area contributed by atoms with Crippen LogP contribution in [0.2, 0.25) is 0 Å². The number of hydrogen-bond donors (Lipinski definition) is 1. The second-order valence-corrected chi connectivity index (χ2v) is 11.5. The van der Waals surface area contributed by atoms with Gasteiger partial charge in [-0.2, -0.15) is 0 Å². The molecule has 230 valence electrons. The summed E-state index contributed by atoms with van der Waals surface area (Å²) in [4.78, 5) is 21.3. The van der Waals surface area contributed by atoms with Gasteiger partial charge in [0.05, 0.1) is 26.9 Å². The third kappa shape index (κ3) is 5.03. The predicted octanol–water partition coefficient (Wildman–Crippen LogP) is 6.32. The van der Waals surface area contributed by atoms with Gasteiger partial charge in [0.1, 0.15) is 11.5 Å². The van der Waals surface area contributed by atoms with Gasteiger partial charge in [-0.25, -0.2) is 0 Å². The van der Waals surface area contributed by atoms with Gasteiger partial charge in [0.15, 0.2) is 34.5 Å². The van der Waals surface area contributed by atoms with E-state index < -0.39 is 0 Å². The predicted molar refractivity (Wildman–Crippen MR) is 169 cm³/mol. The van der Waals surface area contributed by atoms with Crippen molar-refractivity contribution in [2.45, 2.75) is 25.3 Å². The molecule has 1 unspecified atom stereocenters. The van der Waals surface area contributed by atoms with Crippen LogP contribution in [0.1, 0.15) is 44.2 Å². The molecule has 0 fully saturated rings. The Kier molecular flexibility index (Phi) is 7.33. The summed E-state index contributed by atoms with van der Waals surface area (Å²) in [7, 11) is 6.87. The molecule has 9 nitrogen and oxygen atoms in total. The molecule has 1 N–H and O–H groups in total. The van der Waals surface area contributed by atoms with Gasteiger partial charge >= 0.3 is 0 Å². The van der Waals surface area contributed by atoms with E-state index in [2.05, 4.69) is 18.0 Å². The molecule has 1 atom stereocenters. The molecule has 0 aromatic heterocycles. The van der Waals surface area contributed by atoms with Crippen molar-refractivity contribution in [2.75, 3.05) is 41.5 Å². The van der Waals surface area contributed by atoms with Crippen LogP contribution in [0.15, 0.2) is 65.7 Å². The number of phenols is 1. The van der Waals surface area contributed by atoms with Crippen LogP contribution in [-0.4, -0.2) is 63.0 Å². The van der Waals surface area contributed by atoms with E-state index in [4.69, 9.17) is 28.7 Å². The summed E-state index contributed by atoms with van der Waals surface area (Å²) in [6.07, 6.45) is 2.21. The molecule has 45 heavy (non-hydrogen) atoms. The van der Waals surface area contributed by atoms with Crippen LogP contribution in [0.5, 0.6) is 46.0 Å². The lowest BCUT2D eigenvalue weighted by atomic mass is 9.88. The van der Waals surface area contributed by atoms with Crippen LogP contribution in [0.3, 0.4) is 0 Å². The minimum atomic E-state index is -0.339. The van der Waals surface area contributed by atoms with Gasteiger partial charge in [0.2, 0.25) is 11.5 Å². The van der Waals surface area contributed by atoms with Gasteiger partial charge in [-0.3, -0.25) is 14.7 Å². The van der Waals surface area contributed by atoms with E-state index in [1.54, 1.807) is 27.4 Å². The molecule has 0 radical (unpaired) electrons. The summed E-state index contributed by atoms with van der Waals surface area (Å²) in [5.74, 6) is 2.54. The minimum Gasteiger partial charge on any atom is -0.504 e. The molecule has 8 rings (SSSR count). The van der Waals surface area contributed by atoms with Crippen LogP contribution >= 0.6 is 0 Å². The second kappa shape index (κ2) is 11.5. The molecule has 6 bridgehead atoms. The topological polar surface area (TPSA) is 99.0 Å². The number of benzene rings is 4. The summed E-state index contributed by atoms with van der Waals surface area (Å²) < 4.78 is 30.3. The fraction of sp³-hybridized carbons (Fsp3) is 0.278. The summed E-state index contributed by atoms with van der Waals surface area (Å²) in [6.45, 7) is 1.31. The fourth-order valence-corrected chi connectivity index (χ4v) is 6.49. The lowest BCUT2D eigenvalue weighted by Gasteiger charge is -2.35. The normalized spacial score (nSPS) is 17.2. The highest BCUT2D eigenvalue weighted by Crippen LogP contribution is 2.49. The first-order valence-electron chi connectivity index (χ1n) is 14.9. The fourth-order valence-electron chi connectivity index (χ4n) is 6.49. The van der Waals surface area contributed by atoms with Crippen LogP contribution in [0.25, 0.3) is 0 Å². The number of phenolic OH excluding ortho intramolecular Hbond substituents is 1.